The van der Waals surface area contributed by atoms with Gasteiger partial charge in [0.2, 0.25) is 5.82 Å². The van der Waals surface area contributed by atoms with Crippen LogP contribution in [0, 0.1) is 17.6 Å². The molecule has 1 aliphatic carbocycles. The van der Waals surface area contributed by atoms with Gasteiger partial charge in [-0.15, -0.1) is 0 Å². The van der Waals surface area contributed by atoms with Crippen LogP contribution in [-0.4, -0.2) is 29.3 Å². The number of aromatic nitrogens is 6. The van der Waals surface area contributed by atoms with E-state index < -0.39 is 29.5 Å². The lowest BCUT2D eigenvalue weighted by Gasteiger charge is -2.41. The van der Waals surface area contributed by atoms with Gasteiger partial charge in [0, 0.05) is 29.4 Å². The van der Waals surface area contributed by atoms with Gasteiger partial charge in [0.25, 0.3) is 5.89 Å². The first kappa shape index (κ1) is 30.2. The smallest absolute Gasteiger partial charge is 0.315 e. The highest BCUT2D eigenvalue weighted by atomic mass is 19.3. The Morgan fingerprint density at radius 2 is 1.53 bits per heavy atom. The van der Waals surface area contributed by atoms with Crippen LogP contribution in [0.4, 0.5) is 17.6 Å². The maximum atomic E-state index is 15.7. The van der Waals surface area contributed by atoms with Crippen molar-refractivity contribution >= 4 is 5.65 Å². The van der Waals surface area contributed by atoms with Crippen molar-refractivity contribution in [3.05, 3.63) is 163 Å². The number of halogens is 4. The Morgan fingerprint density at radius 3 is 2.16 bits per heavy atom. The molecule has 7 aromatic rings. The molecule has 0 bridgehead atoms. The van der Waals surface area contributed by atoms with E-state index >= 15 is 8.78 Å². The summed E-state index contributed by atoms with van der Waals surface area (Å²) in [5.41, 5.74) is 2.44. The van der Waals surface area contributed by atoms with Gasteiger partial charge in [-0.1, -0.05) is 96.2 Å². The van der Waals surface area contributed by atoms with Crippen molar-refractivity contribution in [1.29, 1.82) is 0 Å². The average molecular weight is 659 g/mol. The molecule has 8 rings (SSSR count). The van der Waals surface area contributed by atoms with E-state index in [-0.39, 0.29) is 23.0 Å². The van der Waals surface area contributed by atoms with Gasteiger partial charge in [-0.05, 0) is 41.8 Å². The van der Waals surface area contributed by atoms with Crippen LogP contribution in [0.2, 0.25) is 0 Å². The number of fused-ring (bicyclic) bond motifs is 1. The first-order valence-electron chi connectivity index (χ1n) is 15.5. The molecule has 49 heavy (non-hydrogen) atoms. The first-order chi connectivity index (χ1) is 23.9. The van der Waals surface area contributed by atoms with Gasteiger partial charge in [0.1, 0.15) is 34.2 Å². The summed E-state index contributed by atoms with van der Waals surface area (Å²) in [7, 11) is 0. The number of alkyl halides is 2. The minimum atomic E-state index is -2.94. The highest BCUT2D eigenvalue weighted by Crippen LogP contribution is 2.46. The van der Waals surface area contributed by atoms with E-state index in [1.165, 1.54) is 24.4 Å². The molecule has 1 aliphatic rings. The van der Waals surface area contributed by atoms with Gasteiger partial charge in [-0.25, -0.2) is 13.8 Å². The molecule has 1 unspecified atom stereocenters. The molecule has 0 saturated heterocycles. The predicted octanol–water partition coefficient (Wildman–Crippen LogP) is 9.05. The van der Waals surface area contributed by atoms with Crippen molar-refractivity contribution in [2.75, 3.05) is 0 Å². The third kappa shape index (κ3) is 5.05. The van der Waals surface area contributed by atoms with E-state index in [4.69, 9.17) is 9.62 Å². The summed E-state index contributed by atoms with van der Waals surface area (Å²) in [5, 5.41) is 8.80. The molecule has 0 amide bonds. The van der Waals surface area contributed by atoms with Crippen molar-refractivity contribution in [3.8, 4) is 33.9 Å². The zero-order valence-electron chi connectivity index (χ0n) is 25.7. The van der Waals surface area contributed by atoms with Gasteiger partial charge < -0.3 is 4.52 Å². The van der Waals surface area contributed by atoms with Crippen LogP contribution in [0.3, 0.4) is 0 Å². The molecule has 4 heterocycles. The van der Waals surface area contributed by atoms with Crippen LogP contribution in [0.25, 0.3) is 39.5 Å². The Balaban J connectivity index is 1.42. The monoisotopic (exact) mass is 658 g/mol. The molecule has 1 atom stereocenters. The van der Waals surface area contributed by atoms with Crippen molar-refractivity contribution in [2.45, 2.75) is 18.4 Å². The Morgan fingerprint density at radius 1 is 0.816 bits per heavy atom. The number of benzene rings is 3. The number of allylic oxidation sites excluding steroid dienone is 4. The Hall–Kier alpha value is -6.10. The van der Waals surface area contributed by atoms with E-state index in [1.54, 1.807) is 22.7 Å². The molecule has 11 heteroatoms. The lowest BCUT2D eigenvalue weighted by molar-refractivity contribution is 0.106. The summed E-state index contributed by atoms with van der Waals surface area (Å²) < 4.78 is 66.1. The molecule has 4 aromatic heterocycles. The number of hydrogen-bond acceptors (Lipinski definition) is 5. The highest BCUT2D eigenvalue weighted by Gasteiger charge is 2.44. The molecule has 3 aromatic carbocycles. The minimum Gasteiger partial charge on any atom is -0.333 e. The summed E-state index contributed by atoms with van der Waals surface area (Å²) in [4.78, 5) is 8.21. The number of imidazole rings is 1. The number of nitrogens with zero attached hydrogens (tertiary/aromatic N) is 6. The van der Waals surface area contributed by atoms with Gasteiger partial charge in [-0.3, -0.25) is 9.08 Å². The summed E-state index contributed by atoms with van der Waals surface area (Å²) in [5.74, 6) is -2.58. The standard InChI is InChI=1S/C38H26F4N6O/c39-29-17-10-18-30(40)33(29)34-28(24-19-20-32-43-21-31(47(32)22-24)36-44-37(35(41)42)49-46-36)23-48(45-34)38(25-11-4-1-5-12-25,26-13-6-2-7-14-26)27-15-8-3-9-16-27/h1-15,17-23,27,35H,16H2. The number of pyridine rings is 1. The molecule has 7 nitrogen and oxygen atoms in total. The Kier molecular flexibility index (Phi) is 7.51. The van der Waals surface area contributed by atoms with E-state index in [9.17, 15) is 8.78 Å². The number of hydrogen-bond donors (Lipinski definition) is 0. The fraction of sp³-hybridized carbons (Fsp3) is 0.105. The maximum absolute atomic E-state index is 15.7. The van der Waals surface area contributed by atoms with Gasteiger partial charge in [0.15, 0.2) is 0 Å². The fourth-order valence-electron chi connectivity index (χ4n) is 6.71. The second-order valence-corrected chi connectivity index (χ2v) is 11.6. The summed E-state index contributed by atoms with van der Waals surface area (Å²) >= 11 is 0. The molecular weight excluding hydrogens is 632 g/mol. The summed E-state index contributed by atoms with van der Waals surface area (Å²) in [6.45, 7) is 0. The lowest BCUT2D eigenvalue weighted by Crippen LogP contribution is -2.43. The molecule has 0 radical (unpaired) electrons. The van der Waals surface area contributed by atoms with E-state index in [1.807, 2.05) is 83.7 Å². The van der Waals surface area contributed by atoms with Crippen molar-refractivity contribution in [1.82, 2.24) is 29.3 Å². The fourth-order valence-corrected chi connectivity index (χ4v) is 6.71. The predicted molar refractivity (Wildman–Crippen MR) is 175 cm³/mol. The molecule has 0 N–H and O–H groups in total. The largest absolute Gasteiger partial charge is 0.333 e. The highest BCUT2D eigenvalue weighted by molar-refractivity contribution is 5.82. The third-order valence-electron chi connectivity index (χ3n) is 8.89. The van der Waals surface area contributed by atoms with Crippen LogP contribution in [0.5, 0.6) is 0 Å². The first-order valence-corrected chi connectivity index (χ1v) is 15.5. The second-order valence-electron chi connectivity index (χ2n) is 11.6. The van der Waals surface area contributed by atoms with E-state index in [0.717, 1.165) is 11.1 Å². The molecule has 242 valence electrons. The average Bonchev–Trinajstić information content (AvgIpc) is 3.89. The Labute approximate surface area is 277 Å². The van der Waals surface area contributed by atoms with Gasteiger partial charge in [0.05, 0.1) is 11.8 Å². The van der Waals surface area contributed by atoms with Gasteiger partial charge in [-0.2, -0.15) is 18.9 Å². The SMILES string of the molecule is Fc1cccc(F)c1-c1nn(C(c2ccccc2)(c2ccccc2)C2C=CC=CC2)cc1-c1ccc2ncc(-c3noc(C(F)F)n3)n2c1. The van der Waals surface area contributed by atoms with E-state index in [2.05, 4.69) is 27.3 Å². The normalized spacial score (nSPS) is 14.7. The molecule has 0 spiro atoms. The van der Waals surface area contributed by atoms with Crippen LogP contribution in [0.1, 0.15) is 29.9 Å². The molecule has 0 fully saturated rings. The van der Waals surface area contributed by atoms with Gasteiger partial charge >= 0.3 is 6.43 Å². The summed E-state index contributed by atoms with van der Waals surface area (Å²) in [6, 6.07) is 27.1. The molecule has 0 saturated carbocycles. The van der Waals surface area contributed by atoms with Crippen molar-refractivity contribution in [3.63, 3.8) is 0 Å². The maximum Gasteiger partial charge on any atom is 0.315 e. The second kappa shape index (κ2) is 12.2. The topological polar surface area (TPSA) is 74.0 Å². The van der Waals surface area contributed by atoms with Crippen LogP contribution < -0.4 is 0 Å². The Bertz CT molecular complexity index is 2280. The van der Waals surface area contributed by atoms with Crippen LogP contribution in [0.15, 0.2) is 138 Å². The van der Waals surface area contributed by atoms with Crippen LogP contribution in [-0.2, 0) is 5.54 Å². The van der Waals surface area contributed by atoms with E-state index in [0.29, 0.717) is 28.9 Å². The summed E-state index contributed by atoms with van der Waals surface area (Å²) in [6.07, 6.45) is 10.9. The zero-order valence-corrected chi connectivity index (χ0v) is 25.7. The third-order valence-corrected chi connectivity index (χ3v) is 8.89. The number of rotatable bonds is 8. The molecule has 0 aliphatic heterocycles. The quantitative estimate of drug-likeness (QED) is 0.152. The zero-order chi connectivity index (χ0) is 33.5. The van der Waals surface area contributed by atoms with Crippen LogP contribution >= 0.6 is 0 Å². The molecular formula is C38H26F4N6O. The minimum absolute atomic E-state index is 0.0830. The van der Waals surface area contributed by atoms with Crippen molar-refractivity contribution < 1.29 is 22.1 Å². The van der Waals surface area contributed by atoms with Crippen molar-refractivity contribution in [2.24, 2.45) is 5.92 Å². The lowest BCUT2D eigenvalue weighted by atomic mass is 9.70.